The molecule has 102 valence electrons. The van der Waals surface area contributed by atoms with Gasteiger partial charge in [-0.1, -0.05) is 0 Å². The minimum atomic E-state index is -0.0522. The topological polar surface area (TPSA) is 67.4 Å². The van der Waals surface area contributed by atoms with E-state index in [1.165, 1.54) is 0 Å². The lowest BCUT2D eigenvalue weighted by Crippen LogP contribution is -2.45. The van der Waals surface area contributed by atoms with Gasteiger partial charge in [0.2, 0.25) is 11.9 Å². The molecule has 3 unspecified atom stereocenters. The lowest BCUT2D eigenvalue weighted by molar-refractivity contribution is -0.126. The predicted molar refractivity (Wildman–Crippen MR) is 69.8 cm³/mol. The van der Waals surface area contributed by atoms with Crippen molar-refractivity contribution in [1.82, 2.24) is 15.3 Å². The molecule has 2 saturated heterocycles. The molecule has 0 saturated carbocycles. The summed E-state index contributed by atoms with van der Waals surface area (Å²) in [6, 6.07) is 0. The number of amides is 1. The average molecular weight is 262 g/mol. The van der Waals surface area contributed by atoms with E-state index in [1.54, 1.807) is 7.05 Å². The van der Waals surface area contributed by atoms with Gasteiger partial charge in [-0.15, -0.1) is 0 Å². The molecule has 1 aromatic heterocycles. The molecule has 19 heavy (non-hydrogen) atoms. The first-order valence-electron chi connectivity index (χ1n) is 6.58. The van der Waals surface area contributed by atoms with Gasteiger partial charge in [-0.2, -0.15) is 0 Å². The van der Waals surface area contributed by atoms with Crippen molar-refractivity contribution in [2.24, 2.45) is 5.92 Å². The Morgan fingerprint density at radius 1 is 1.42 bits per heavy atom. The lowest BCUT2D eigenvalue weighted by Gasteiger charge is -2.32. The third kappa shape index (κ3) is 2.28. The summed E-state index contributed by atoms with van der Waals surface area (Å²) >= 11 is 0. The Morgan fingerprint density at radius 2 is 2.16 bits per heavy atom. The number of hydrogen-bond acceptors (Lipinski definition) is 5. The Kier molecular flexibility index (Phi) is 3.10. The van der Waals surface area contributed by atoms with Crippen LogP contribution in [0, 0.1) is 12.8 Å². The molecule has 2 bridgehead atoms. The number of fused-ring (bicyclic) bond motifs is 2. The maximum atomic E-state index is 11.8. The predicted octanol–water partition coefficient (Wildman–Crippen LogP) is 0.125. The summed E-state index contributed by atoms with van der Waals surface area (Å²) in [7, 11) is 1.67. The van der Waals surface area contributed by atoms with Crippen LogP contribution in [0.25, 0.3) is 0 Å². The van der Waals surface area contributed by atoms with Gasteiger partial charge in [0.1, 0.15) is 0 Å². The van der Waals surface area contributed by atoms with Crippen LogP contribution in [0.5, 0.6) is 0 Å². The van der Waals surface area contributed by atoms with Gasteiger partial charge in [0.25, 0.3) is 0 Å². The summed E-state index contributed by atoms with van der Waals surface area (Å²) in [5, 5.41) is 2.71. The Hall–Kier alpha value is -1.69. The number of rotatable bonds is 2. The molecule has 0 radical (unpaired) electrons. The van der Waals surface area contributed by atoms with Crippen molar-refractivity contribution in [2.45, 2.75) is 25.6 Å². The van der Waals surface area contributed by atoms with Crippen LogP contribution in [0.2, 0.25) is 0 Å². The van der Waals surface area contributed by atoms with Gasteiger partial charge in [-0.05, 0) is 18.9 Å². The number of aryl methyl sites for hydroxylation is 1. The standard InChI is InChI=1S/C13H18N4O2/c1-8-4-15-13(16-5-8)17-6-9-3-10(12(18)14-2)11(7-17)19-9/h4-5,9-11H,3,6-7H2,1-2H3,(H,14,18). The molecule has 3 heterocycles. The molecule has 0 spiro atoms. The largest absolute Gasteiger partial charge is 0.370 e. The number of carbonyl (C=O) groups is 1. The second-order valence-electron chi connectivity index (χ2n) is 5.22. The highest BCUT2D eigenvalue weighted by Gasteiger charge is 2.44. The summed E-state index contributed by atoms with van der Waals surface area (Å²) in [5.74, 6) is 0.742. The van der Waals surface area contributed by atoms with Crippen LogP contribution < -0.4 is 10.2 Å². The zero-order valence-electron chi connectivity index (χ0n) is 11.2. The smallest absolute Gasteiger partial charge is 0.225 e. The van der Waals surface area contributed by atoms with Crippen molar-refractivity contribution in [2.75, 3.05) is 25.0 Å². The second-order valence-corrected chi connectivity index (χ2v) is 5.22. The molecule has 1 N–H and O–H groups in total. The highest BCUT2D eigenvalue weighted by atomic mass is 16.5. The first-order valence-corrected chi connectivity index (χ1v) is 6.58. The lowest BCUT2D eigenvalue weighted by atomic mass is 10.00. The van der Waals surface area contributed by atoms with Crippen molar-refractivity contribution >= 4 is 11.9 Å². The third-order valence-corrected chi connectivity index (χ3v) is 3.79. The fourth-order valence-electron chi connectivity index (χ4n) is 2.83. The van der Waals surface area contributed by atoms with Gasteiger partial charge in [0.15, 0.2) is 0 Å². The van der Waals surface area contributed by atoms with Crippen LogP contribution in [0.4, 0.5) is 5.95 Å². The van der Waals surface area contributed by atoms with Gasteiger partial charge in [-0.3, -0.25) is 4.79 Å². The highest BCUT2D eigenvalue weighted by molar-refractivity contribution is 5.79. The molecule has 6 heteroatoms. The van der Waals surface area contributed by atoms with Crippen LogP contribution >= 0.6 is 0 Å². The quantitative estimate of drug-likeness (QED) is 0.820. The summed E-state index contributed by atoms with van der Waals surface area (Å²) in [6.45, 7) is 3.40. The summed E-state index contributed by atoms with van der Waals surface area (Å²) in [6.07, 6.45) is 4.47. The molecular weight excluding hydrogens is 244 g/mol. The summed E-state index contributed by atoms with van der Waals surface area (Å²) in [4.78, 5) is 22.6. The van der Waals surface area contributed by atoms with Gasteiger partial charge in [0, 0.05) is 32.5 Å². The molecule has 0 aliphatic carbocycles. The highest BCUT2D eigenvalue weighted by Crippen LogP contribution is 2.33. The van der Waals surface area contributed by atoms with Crippen molar-refractivity contribution in [3.8, 4) is 0 Å². The van der Waals surface area contributed by atoms with Crippen LogP contribution in [-0.4, -0.2) is 48.2 Å². The maximum Gasteiger partial charge on any atom is 0.225 e. The van der Waals surface area contributed by atoms with E-state index in [4.69, 9.17) is 4.74 Å². The monoisotopic (exact) mass is 262 g/mol. The molecule has 2 aliphatic heterocycles. The fourth-order valence-corrected chi connectivity index (χ4v) is 2.83. The van der Waals surface area contributed by atoms with E-state index in [9.17, 15) is 4.79 Å². The van der Waals surface area contributed by atoms with Crippen molar-refractivity contribution in [3.63, 3.8) is 0 Å². The number of morpholine rings is 1. The normalized spacial score (nSPS) is 29.4. The van der Waals surface area contributed by atoms with Crippen molar-refractivity contribution in [1.29, 1.82) is 0 Å². The molecular formula is C13H18N4O2. The van der Waals surface area contributed by atoms with E-state index in [0.717, 1.165) is 24.5 Å². The Morgan fingerprint density at radius 3 is 2.84 bits per heavy atom. The molecule has 2 aliphatic rings. The zero-order chi connectivity index (χ0) is 13.4. The number of hydrogen-bond donors (Lipinski definition) is 1. The van der Waals surface area contributed by atoms with E-state index >= 15 is 0 Å². The van der Waals surface area contributed by atoms with Gasteiger partial charge >= 0.3 is 0 Å². The Bertz CT molecular complexity index is 476. The van der Waals surface area contributed by atoms with Gasteiger partial charge < -0.3 is 15.0 Å². The van der Waals surface area contributed by atoms with Gasteiger partial charge in [-0.25, -0.2) is 9.97 Å². The molecule has 1 aromatic rings. The SMILES string of the molecule is CNC(=O)C1CC2CN(c3ncc(C)cn3)CC1O2. The van der Waals surface area contributed by atoms with E-state index in [2.05, 4.69) is 20.2 Å². The van der Waals surface area contributed by atoms with E-state index < -0.39 is 0 Å². The van der Waals surface area contributed by atoms with Crippen molar-refractivity contribution < 1.29 is 9.53 Å². The fraction of sp³-hybridized carbons (Fsp3) is 0.615. The Balaban J connectivity index is 1.75. The first-order chi connectivity index (χ1) is 9.17. The summed E-state index contributed by atoms with van der Waals surface area (Å²) in [5.41, 5.74) is 1.04. The summed E-state index contributed by atoms with van der Waals surface area (Å²) < 4.78 is 5.85. The van der Waals surface area contributed by atoms with E-state index in [-0.39, 0.29) is 24.0 Å². The molecule has 2 fully saturated rings. The van der Waals surface area contributed by atoms with Crippen molar-refractivity contribution in [3.05, 3.63) is 18.0 Å². The van der Waals surface area contributed by atoms with E-state index in [0.29, 0.717) is 6.54 Å². The molecule has 0 aromatic carbocycles. The maximum absolute atomic E-state index is 11.8. The van der Waals surface area contributed by atoms with E-state index in [1.807, 2.05) is 19.3 Å². The number of anilines is 1. The number of carbonyl (C=O) groups excluding carboxylic acids is 1. The molecule has 1 amide bonds. The number of ether oxygens (including phenoxy) is 1. The number of aromatic nitrogens is 2. The van der Waals surface area contributed by atoms with Crippen LogP contribution in [0.3, 0.4) is 0 Å². The van der Waals surface area contributed by atoms with Crippen LogP contribution in [0.1, 0.15) is 12.0 Å². The molecule has 6 nitrogen and oxygen atoms in total. The number of nitrogens with zero attached hydrogens (tertiary/aromatic N) is 3. The van der Waals surface area contributed by atoms with Gasteiger partial charge in [0.05, 0.1) is 18.1 Å². The third-order valence-electron chi connectivity index (χ3n) is 3.79. The number of nitrogens with one attached hydrogen (secondary N) is 1. The molecule has 3 rings (SSSR count). The minimum Gasteiger partial charge on any atom is -0.370 e. The minimum absolute atomic E-state index is 0.0505. The second kappa shape index (κ2) is 4.77. The molecule has 3 atom stereocenters. The van der Waals surface area contributed by atoms with Crippen LogP contribution in [0.15, 0.2) is 12.4 Å². The average Bonchev–Trinajstić information content (AvgIpc) is 2.73. The zero-order valence-corrected chi connectivity index (χ0v) is 11.2. The Labute approximate surface area is 112 Å². The first kappa shape index (κ1) is 12.3. The van der Waals surface area contributed by atoms with Crippen LogP contribution in [-0.2, 0) is 9.53 Å².